The lowest BCUT2D eigenvalue weighted by Gasteiger charge is -1.99. The van der Waals surface area contributed by atoms with Gasteiger partial charge in [-0.15, -0.1) is 11.3 Å². The molecule has 6 heteroatoms. The first kappa shape index (κ1) is 9.97. The highest BCUT2D eigenvalue weighted by Gasteiger charge is 2.19. The molecule has 0 radical (unpaired) electrons. The normalized spacial score (nSPS) is 10.8. The number of hydrogen-bond acceptors (Lipinski definition) is 5. The summed E-state index contributed by atoms with van der Waals surface area (Å²) >= 11 is 1.28. The van der Waals surface area contributed by atoms with Crippen molar-refractivity contribution >= 4 is 22.3 Å². The van der Waals surface area contributed by atoms with E-state index in [1.165, 1.54) is 15.7 Å². The zero-order valence-electron chi connectivity index (χ0n) is 8.35. The highest BCUT2D eigenvalue weighted by atomic mass is 32.1. The third-order valence-electron chi connectivity index (χ3n) is 2.04. The largest absolute Gasteiger partial charge is 0.494 e. The van der Waals surface area contributed by atoms with Gasteiger partial charge in [-0.3, -0.25) is 4.40 Å². The van der Waals surface area contributed by atoms with Gasteiger partial charge in [-0.2, -0.15) is 0 Å². The maximum atomic E-state index is 11.5. The summed E-state index contributed by atoms with van der Waals surface area (Å²) in [5.41, 5.74) is 0.862. The summed E-state index contributed by atoms with van der Waals surface area (Å²) in [5.74, 6) is -0.360. The van der Waals surface area contributed by atoms with Crippen LogP contribution in [0.3, 0.4) is 0 Å². The van der Waals surface area contributed by atoms with Crippen LogP contribution in [0.5, 0.6) is 5.88 Å². The van der Waals surface area contributed by atoms with Gasteiger partial charge >= 0.3 is 5.97 Å². The van der Waals surface area contributed by atoms with Gasteiger partial charge in [0.05, 0.1) is 17.7 Å². The Kier molecular flexibility index (Phi) is 2.36. The van der Waals surface area contributed by atoms with Crippen LogP contribution in [0.2, 0.25) is 0 Å². The second-order valence-corrected chi connectivity index (χ2v) is 3.81. The van der Waals surface area contributed by atoms with E-state index in [9.17, 15) is 9.90 Å². The van der Waals surface area contributed by atoms with Gasteiger partial charge in [-0.05, 0) is 13.8 Å². The lowest BCUT2D eigenvalue weighted by Crippen LogP contribution is -2.07. The predicted octanol–water partition coefficient (Wildman–Crippen LogP) is 1.59. The molecule has 0 atom stereocenters. The van der Waals surface area contributed by atoms with E-state index in [0.717, 1.165) is 0 Å². The van der Waals surface area contributed by atoms with E-state index < -0.39 is 5.97 Å². The predicted molar refractivity (Wildman–Crippen MR) is 55.4 cm³/mol. The molecule has 1 N–H and O–H groups in total. The Morgan fingerprint density at radius 1 is 1.73 bits per heavy atom. The molecule has 0 aliphatic heterocycles. The molecule has 2 rings (SSSR count). The number of aryl methyl sites for hydroxylation is 1. The lowest BCUT2D eigenvalue weighted by atomic mass is 10.3. The lowest BCUT2D eigenvalue weighted by molar-refractivity contribution is 0.0519. The molecule has 2 heterocycles. The maximum absolute atomic E-state index is 11.5. The Hall–Kier alpha value is -1.56. The minimum absolute atomic E-state index is 0.0931. The van der Waals surface area contributed by atoms with Crippen molar-refractivity contribution in [3.8, 4) is 5.88 Å². The van der Waals surface area contributed by atoms with E-state index in [0.29, 0.717) is 17.3 Å². The quantitative estimate of drug-likeness (QED) is 0.790. The molecule has 0 aliphatic rings. The van der Waals surface area contributed by atoms with Crippen molar-refractivity contribution < 1.29 is 14.6 Å². The zero-order chi connectivity index (χ0) is 11.0. The molecule has 0 unspecified atom stereocenters. The number of nitrogens with zero attached hydrogens (tertiary/aromatic N) is 2. The summed E-state index contributed by atoms with van der Waals surface area (Å²) in [6.07, 6.45) is 0. The second kappa shape index (κ2) is 3.54. The van der Waals surface area contributed by atoms with E-state index in [4.69, 9.17) is 4.74 Å². The number of fused-ring (bicyclic) bond motifs is 1. The van der Waals surface area contributed by atoms with E-state index >= 15 is 0 Å². The van der Waals surface area contributed by atoms with Crippen LogP contribution < -0.4 is 0 Å². The van der Waals surface area contributed by atoms with Crippen molar-refractivity contribution in [2.75, 3.05) is 6.61 Å². The molecule has 80 valence electrons. The summed E-state index contributed by atoms with van der Waals surface area (Å²) < 4.78 is 6.38. The van der Waals surface area contributed by atoms with Gasteiger partial charge in [-0.1, -0.05) is 0 Å². The van der Waals surface area contributed by atoms with E-state index in [-0.39, 0.29) is 11.6 Å². The number of carbonyl (C=O) groups excluding carboxylic acids is 1. The molecule has 0 fully saturated rings. The average Bonchev–Trinajstić information content (AvgIpc) is 2.70. The Morgan fingerprint density at radius 3 is 3.07 bits per heavy atom. The van der Waals surface area contributed by atoms with Crippen LogP contribution >= 0.6 is 11.3 Å². The number of ether oxygens (including phenoxy) is 1. The highest BCUT2D eigenvalue weighted by Crippen LogP contribution is 2.25. The van der Waals surface area contributed by atoms with Crippen molar-refractivity contribution in [1.29, 1.82) is 0 Å². The van der Waals surface area contributed by atoms with Crippen LogP contribution in [0.25, 0.3) is 4.96 Å². The zero-order valence-corrected chi connectivity index (χ0v) is 9.17. The molecular formula is C9H10N2O3S. The second-order valence-electron chi connectivity index (χ2n) is 2.98. The van der Waals surface area contributed by atoms with Crippen LogP contribution in [0, 0.1) is 6.92 Å². The van der Waals surface area contributed by atoms with E-state index in [1.54, 1.807) is 19.2 Å². The summed E-state index contributed by atoms with van der Waals surface area (Å²) in [4.78, 5) is 16.2. The first-order chi connectivity index (χ1) is 7.15. The first-order valence-corrected chi connectivity index (χ1v) is 5.35. The van der Waals surface area contributed by atoms with Gasteiger partial charge in [0, 0.05) is 0 Å². The standard InChI is InChI=1S/C9H10N2O3S/c1-3-14-8(13)7-5(2)11-6(12)4-15-9(11)10-7/h4,12H,3H2,1-2H3. The molecule has 15 heavy (non-hydrogen) atoms. The van der Waals surface area contributed by atoms with Crippen molar-refractivity contribution in [3.63, 3.8) is 0 Å². The Labute approximate surface area is 89.9 Å². The van der Waals surface area contributed by atoms with Gasteiger partial charge in [0.15, 0.2) is 10.7 Å². The van der Waals surface area contributed by atoms with Crippen molar-refractivity contribution in [2.24, 2.45) is 0 Å². The fourth-order valence-corrected chi connectivity index (χ4v) is 2.17. The fourth-order valence-electron chi connectivity index (χ4n) is 1.38. The molecule has 0 aliphatic carbocycles. The Balaban J connectivity index is 2.53. The van der Waals surface area contributed by atoms with Gasteiger partial charge < -0.3 is 9.84 Å². The Bertz CT molecular complexity index is 515. The summed E-state index contributed by atoms with van der Waals surface area (Å²) in [5, 5.41) is 11.1. The van der Waals surface area contributed by atoms with Crippen LogP contribution in [0.1, 0.15) is 23.1 Å². The molecule has 2 aromatic rings. The number of imidazole rings is 1. The van der Waals surface area contributed by atoms with Crippen LogP contribution in [-0.2, 0) is 4.74 Å². The highest BCUT2D eigenvalue weighted by molar-refractivity contribution is 7.15. The van der Waals surface area contributed by atoms with E-state index in [1.807, 2.05) is 0 Å². The molecule has 0 saturated heterocycles. The van der Waals surface area contributed by atoms with Crippen molar-refractivity contribution in [1.82, 2.24) is 9.38 Å². The topological polar surface area (TPSA) is 63.8 Å². The minimum atomic E-state index is -0.453. The molecule has 0 amide bonds. The smallest absolute Gasteiger partial charge is 0.358 e. The fraction of sp³-hybridized carbons (Fsp3) is 0.333. The number of aromatic nitrogens is 2. The maximum Gasteiger partial charge on any atom is 0.358 e. The summed E-state index contributed by atoms with van der Waals surface area (Å²) in [6.45, 7) is 3.78. The van der Waals surface area contributed by atoms with Gasteiger partial charge in [0.2, 0.25) is 5.88 Å². The van der Waals surface area contributed by atoms with Crippen LogP contribution in [0.4, 0.5) is 0 Å². The number of aromatic hydroxyl groups is 1. The third-order valence-corrected chi connectivity index (χ3v) is 2.86. The molecule has 2 aromatic heterocycles. The molecule has 5 nitrogen and oxygen atoms in total. The Morgan fingerprint density at radius 2 is 2.47 bits per heavy atom. The SMILES string of the molecule is CCOC(=O)c1nc2scc(O)n2c1C. The molecule has 0 bridgehead atoms. The minimum Gasteiger partial charge on any atom is -0.494 e. The third kappa shape index (κ3) is 1.46. The average molecular weight is 226 g/mol. The molecule has 0 saturated carbocycles. The van der Waals surface area contributed by atoms with Gasteiger partial charge in [0.1, 0.15) is 0 Å². The van der Waals surface area contributed by atoms with E-state index in [2.05, 4.69) is 4.98 Å². The number of hydrogen-bond donors (Lipinski definition) is 1. The van der Waals surface area contributed by atoms with Crippen LogP contribution in [-0.4, -0.2) is 27.1 Å². The van der Waals surface area contributed by atoms with Gasteiger partial charge in [0.25, 0.3) is 0 Å². The van der Waals surface area contributed by atoms with Crippen molar-refractivity contribution in [3.05, 3.63) is 16.8 Å². The molecule has 0 spiro atoms. The first-order valence-electron chi connectivity index (χ1n) is 4.47. The van der Waals surface area contributed by atoms with Crippen molar-refractivity contribution in [2.45, 2.75) is 13.8 Å². The summed E-state index contributed by atoms with van der Waals surface area (Å²) in [6, 6.07) is 0. The molecule has 0 aromatic carbocycles. The molecular weight excluding hydrogens is 216 g/mol. The van der Waals surface area contributed by atoms with Gasteiger partial charge in [-0.25, -0.2) is 9.78 Å². The number of rotatable bonds is 2. The summed E-state index contributed by atoms with van der Waals surface area (Å²) in [7, 11) is 0. The number of esters is 1. The van der Waals surface area contributed by atoms with Crippen LogP contribution in [0.15, 0.2) is 5.38 Å². The number of thiazole rings is 1. The number of carbonyl (C=O) groups is 1. The monoisotopic (exact) mass is 226 g/mol.